The van der Waals surface area contributed by atoms with E-state index in [4.69, 9.17) is 4.52 Å². The molecule has 1 saturated heterocycles. The van der Waals surface area contributed by atoms with Crippen molar-refractivity contribution < 1.29 is 9.32 Å². The molecule has 0 spiro atoms. The highest BCUT2D eigenvalue weighted by Crippen LogP contribution is 2.39. The van der Waals surface area contributed by atoms with Crippen LogP contribution in [0.15, 0.2) is 45.2 Å². The van der Waals surface area contributed by atoms with E-state index in [2.05, 4.69) is 34.4 Å². The van der Waals surface area contributed by atoms with Gasteiger partial charge in [0.05, 0.1) is 0 Å². The molecule has 4 aliphatic rings. The molecule has 1 amide bonds. The van der Waals surface area contributed by atoms with E-state index >= 15 is 0 Å². The zero-order chi connectivity index (χ0) is 22.1. The van der Waals surface area contributed by atoms with E-state index in [0.717, 1.165) is 43.2 Å². The fraction of sp³-hybridized carbons (Fsp3) is 0.630. The van der Waals surface area contributed by atoms with Crippen LogP contribution in [0.4, 0.5) is 0 Å². The van der Waals surface area contributed by atoms with Crippen molar-refractivity contribution in [3.05, 3.63) is 52.1 Å². The van der Waals surface area contributed by atoms with Gasteiger partial charge in [0.15, 0.2) is 5.69 Å². The molecule has 1 aromatic rings. The molecule has 0 aromatic carbocycles. The average molecular weight is 436 g/mol. The average Bonchev–Trinajstić information content (AvgIpc) is 3.51. The van der Waals surface area contributed by atoms with Crippen LogP contribution in [0.5, 0.6) is 0 Å². The van der Waals surface area contributed by atoms with E-state index in [1.807, 2.05) is 6.92 Å². The molecule has 32 heavy (non-hydrogen) atoms. The van der Waals surface area contributed by atoms with Crippen molar-refractivity contribution in [2.45, 2.75) is 71.6 Å². The van der Waals surface area contributed by atoms with E-state index in [1.54, 1.807) is 11.6 Å². The Morgan fingerprint density at radius 2 is 1.97 bits per heavy atom. The monoisotopic (exact) mass is 435 g/mol. The molecule has 5 rings (SSSR count). The molecule has 5 nitrogen and oxygen atoms in total. The highest BCUT2D eigenvalue weighted by Gasteiger charge is 2.30. The normalized spacial score (nSPS) is 25.5. The topological polar surface area (TPSA) is 58.4 Å². The third kappa shape index (κ3) is 5.09. The van der Waals surface area contributed by atoms with Crippen molar-refractivity contribution >= 4 is 5.91 Å². The predicted octanol–water partition coefficient (Wildman–Crippen LogP) is 5.56. The minimum absolute atomic E-state index is 0.163. The molecule has 1 N–H and O–H groups in total. The van der Waals surface area contributed by atoms with Gasteiger partial charge in [-0.15, -0.1) is 0 Å². The summed E-state index contributed by atoms with van der Waals surface area (Å²) in [5, 5.41) is 7.10. The fourth-order valence-electron chi connectivity index (χ4n) is 5.52. The van der Waals surface area contributed by atoms with Gasteiger partial charge in [0.2, 0.25) is 0 Å². The minimum atomic E-state index is -0.163. The molecule has 0 bridgehead atoms. The molecule has 2 fully saturated rings. The number of nitrogens with one attached hydrogen (secondary N) is 1. The number of aromatic nitrogens is 1. The zero-order valence-electron chi connectivity index (χ0n) is 19.7. The summed E-state index contributed by atoms with van der Waals surface area (Å²) in [6.07, 6.45) is 15.7. The van der Waals surface area contributed by atoms with Crippen LogP contribution in [-0.4, -0.2) is 35.6 Å². The van der Waals surface area contributed by atoms with Crippen molar-refractivity contribution in [3.63, 3.8) is 0 Å². The fourth-order valence-corrected chi connectivity index (χ4v) is 5.52. The summed E-state index contributed by atoms with van der Waals surface area (Å²) in [4.78, 5) is 15.5. The molecule has 1 atom stereocenters. The lowest BCUT2D eigenvalue weighted by atomic mass is 9.79. The number of piperidine rings is 1. The summed E-state index contributed by atoms with van der Waals surface area (Å²) < 4.78 is 5.11. The first kappa shape index (κ1) is 21.7. The van der Waals surface area contributed by atoms with Gasteiger partial charge < -0.3 is 14.7 Å². The number of hydrogen-bond donors (Lipinski definition) is 1. The highest BCUT2D eigenvalue weighted by atomic mass is 16.5. The molecule has 2 heterocycles. The molecule has 1 aliphatic heterocycles. The Kier molecular flexibility index (Phi) is 6.36. The number of amides is 1. The van der Waals surface area contributed by atoms with Crippen LogP contribution in [0.25, 0.3) is 0 Å². The zero-order valence-corrected chi connectivity index (χ0v) is 19.7. The Bertz CT molecular complexity index is 942. The lowest BCUT2D eigenvalue weighted by Gasteiger charge is -2.35. The van der Waals surface area contributed by atoms with Crippen molar-refractivity contribution in [3.8, 4) is 0 Å². The number of likely N-dealkylation sites (tertiary alicyclic amines) is 1. The lowest BCUT2D eigenvalue weighted by Crippen LogP contribution is -2.36. The number of nitrogens with zero attached hydrogens (tertiary/aromatic N) is 2. The predicted molar refractivity (Wildman–Crippen MR) is 126 cm³/mol. The van der Waals surface area contributed by atoms with Gasteiger partial charge in [-0.05, 0) is 107 Å². The van der Waals surface area contributed by atoms with Crippen molar-refractivity contribution in [2.24, 2.45) is 17.8 Å². The molecular formula is C27H37N3O2. The van der Waals surface area contributed by atoms with Crippen LogP contribution in [0.3, 0.4) is 0 Å². The van der Waals surface area contributed by atoms with Crippen molar-refractivity contribution in [1.29, 1.82) is 0 Å². The summed E-state index contributed by atoms with van der Waals surface area (Å²) >= 11 is 0. The molecule has 3 aliphatic carbocycles. The summed E-state index contributed by atoms with van der Waals surface area (Å²) in [7, 11) is 0. The minimum Gasteiger partial charge on any atom is -0.361 e. The number of carbonyl (C=O) groups excluding carboxylic acids is 1. The molecular weight excluding hydrogens is 398 g/mol. The molecule has 1 aromatic heterocycles. The molecule has 0 radical (unpaired) electrons. The second-order valence-electron chi connectivity index (χ2n) is 10.5. The Labute approximate surface area is 192 Å². The maximum absolute atomic E-state index is 12.8. The van der Waals surface area contributed by atoms with Gasteiger partial charge in [0.25, 0.3) is 5.91 Å². The van der Waals surface area contributed by atoms with Crippen LogP contribution in [0.2, 0.25) is 0 Å². The number of carbonyl (C=O) groups is 1. The van der Waals surface area contributed by atoms with Gasteiger partial charge in [0, 0.05) is 18.3 Å². The maximum atomic E-state index is 12.8. The van der Waals surface area contributed by atoms with Crippen molar-refractivity contribution in [1.82, 2.24) is 15.4 Å². The van der Waals surface area contributed by atoms with E-state index < -0.39 is 0 Å². The third-order valence-electron chi connectivity index (χ3n) is 7.79. The summed E-state index contributed by atoms with van der Waals surface area (Å²) in [6, 6.07) is 1.70. The second kappa shape index (κ2) is 9.38. The number of aryl methyl sites for hydroxylation is 1. The molecule has 172 valence electrons. The van der Waals surface area contributed by atoms with Gasteiger partial charge in [0.1, 0.15) is 5.76 Å². The van der Waals surface area contributed by atoms with Crippen molar-refractivity contribution in [2.75, 3.05) is 19.6 Å². The van der Waals surface area contributed by atoms with Gasteiger partial charge in [-0.2, -0.15) is 0 Å². The Balaban J connectivity index is 1.34. The van der Waals surface area contributed by atoms with Crippen LogP contribution in [-0.2, 0) is 0 Å². The Morgan fingerprint density at radius 3 is 2.62 bits per heavy atom. The van der Waals surface area contributed by atoms with Gasteiger partial charge in [-0.1, -0.05) is 29.8 Å². The second-order valence-corrected chi connectivity index (χ2v) is 10.5. The van der Waals surface area contributed by atoms with Crippen LogP contribution in [0.1, 0.15) is 81.0 Å². The van der Waals surface area contributed by atoms with E-state index in [0.29, 0.717) is 17.4 Å². The number of allylic oxidation sites excluding steroid dienone is 6. The molecule has 1 saturated carbocycles. The SMILES string of the molecule is Cc1cc(C(=O)NC2=C(C3=CCC(C)CC3)C=C(C3CCN(CC4CC4)CC3)CC2)no1. The molecule has 5 heteroatoms. The first-order valence-electron chi connectivity index (χ1n) is 12.6. The first-order chi connectivity index (χ1) is 15.5. The number of rotatable bonds is 6. The van der Waals surface area contributed by atoms with Gasteiger partial charge in [-0.25, -0.2) is 0 Å². The smallest absolute Gasteiger partial charge is 0.277 e. The van der Waals surface area contributed by atoms with E-state index in [1.165, 1.54) is 62.9 Å². The van der Waals surface area contributed by atoms with Gasteiger partial charge >= 0.3 is 0 Å². The quantitative estimate of drug-likeness (QED) is 0.636. The largest absolute Gasteiger partial charge is 0.361 e. The first-order valence-corrected chi connectivity index (χ1v) is 12.6. The summed E-state index contributed by atoms with van der Waals surface area (Å²) in [5.74, 6) is 2.92. The summed E-state index contributed by atoms with van der Waals surface area (Å²) in [6.45, 7) is 7.95. The van der Waals surface area contributed by atoms with Crippen LogP contribution in [0, 0.1) is 24.7 Å². The Hall–Kier alpha value is -2.14. The maximum Gasteiger partial charge on any atom is 0.277 e. The third-order valence-corrected chi connectivity index (χ3v) is 7.79. The summed E-state index contributed by atoms with van der Waals surface area (Å²) in [5.41, 5.74) is 5.70. The van der Waals surface area contributed by atoms with E-state index in [9.17, 15) is 4.79 Å². The Morgan fingerprint density at radius 1 is 1.16 bits per heavy atom. The van der Waals surface area contributed by atoms with Gasteiger partial charge in [-0.3, -0.25) is 4.79 Å². The highest BCUT2D eigenvalue weighted by molar-refractivity contribution is 5.93. The van der Waals surface area contributed by atoms with Crippen LogP contribution >= 0.6 is 0 Å². The standard InChI is InChI=1S/C27H37N3O2/c1-18-3-7-22(8-4-18)24-16-23(21-11-13-30(14-12-21)17-20-5-6-20)9-10-25(24)28-27(31)26-15-19(2)32-29-26/h7,15-16,18,20-21H,3-6,8-14,17H2,1-2H3,(H,28,31). The van der Waals surface area contributed by atoms with Crippen LogP contribution < -0.4 is 5.32 Å². The molecule has 1 unspecified atom stereocenters. The number of hydrogen-bond acceptors (Lipinski definition) is 4. The lowest BCUT2D eigenvalue weighted by molar-refractivity contribution is 0.0955. The van der Waals surface area contributed by atoms with E-state index in [-0.39, 0.29) is 5.91 Å².